The van der Waals surface area contributed by atoms with Gasteiger partial charge in [0.15, 0.2) is 5.76 Å². The van der Waals surface area contributed by atoms with Crippen LogP contribution in [-0.4, -0.2) is 30.7 Å². The quantitative estimate of drug-likeness (QED) is 0.0945. The molecule has 3 heterocycles. The molecule has 13 nitrogen and oxygen atoms in total. The summed E-state index contributed by atoms with van der Waals surface area (Å²) in [4.78, 5) is 43.6. The van der Waals surface area contributed by atoms with Gasteiger partial charge in [0.05, 0.1) is 31.4 Å². The number of aromatic nitrogens is 3. The Morgan fingerprint density at radius 3 is 2.53 bits per heavy atom. The molecule has 15 heteroatoms. The number of pyridine rings is 1. The van der Waals surface area contributed by atoms with Gasteiger partial charge in [0.2, 0.25) is 17.5 Å². The fourth-order valence-electron chi connectivity index (χ4n) is 4.20. The first-order valence-electron chi connectivity index (χ1n) is 12.2. The number of hydrogen-bond donors (Lipinski definition) is 0. The summed E-state index contributed by atoms with van der Waals surface area (Å²) in [5.41, 5.74) is 0.0892. The average molecular weight is 706 g/mol. The number of rotatable bonds is 7. The Kier molecular flexibility index (Phi) is 7.25. The van der Waals surface area contributed by atoms with Gasteiger partial charge in [-0.05, 0) is 58.4 Å². The molecule has 0 amide bonds. The molecule has 3 aromatic carbocycles. The highest BCUT2D eigenvalue weighted by Gasteiger charge is 2.22. The molecular weight excluding hydrogens is 692 g/mol. The Labute approximate surface area is 256 Å². The number of para-hydroxylation sites is 1. The van der Waals surface area contributed by atoms with Crippen LogP contribution in [0.3, 0.4) is 0 Å². The van der Waals surface area contributed by atoms with E-state index in [1.165, 1.54) is 24.4 Å². The molecule has 0 fully saturated rings. The zero-order valence-corrected chi connectivity index (χ0v) is 24.6. The van der Waals surface area contributed by atoms with E-state index in [9.17, 15) is 25.0 Å². The van der Waals surface area contributed by atoms with Gasteiger partial charge in [-0.2, -0.15) is 9.78 Å². The van der Waals surface area contributed by atoms with Crippen molar-refractivity contribution >= 4 is 71.3 Å². The zero-order valence-electron chi connectivity index (χ0n) is 21.4. The van der Waals surface area contributed by atoms with Crippen LogP contribution < -0.4 is 10.3 Å². The third kappa shape index (κ3) is 5.50. The average Bonchev–Trinajstić information content (AvgIpc) is 3.41. The lowest BCUT2D eigenvalue weighted by molar-refractivity contribution is -0.385. The SMILES string of the molecule is O=c1c2ccccc2nc(-c2cc3cc(Br)ccc3o2)n1N=Cc1cc(Br)c(Oc2ccc([N+](=O)[O-])cn2)c([N+](=O)[O-])c1. The van der Waals surface area contributed by atoms with E-state index >= 15 is 0 Å². The summed E-state index contributed by atoms with van der Waals surface area (Å²) in [6, 6.07) is 19.1. The van der Waals surface area contributed by atoms with Crippen LogP contribution in [0.4, 0.5) is 11.4 Å². The predicted octanol–water partition coefficient (Wildman–Crippen LogP) is 7.22. The summed E-state index contributed by atoms with van der Waals surface area (Å²) in [6.45, 7) is 0. The Hall–Kier alpha value is -5.28. The van der Waals surface area contributed by atoms with Crippen molar-refractivity contribution in [2.75, 3.05) is 0 Å². The zero-order chi connectivity index (χ0) is 30.2. The van der Waals surface area contributed by atoms with Crippen LogP contribution in [0.15, 0.2) is 102 Å². The fraction of sp³-hybridized carbons (Fsp3) is 0. The maximum Gasteiger partial charge on any atom is 0.313 e. The van der Waals surface area contributed by atoms with Crippen LogP contribution in [0.25, 0.3) is 33.5 Å². The van der Waals surface area contributed by atoms with E-state index in [2.05, 4.69) is 46.9 Å². The van der Waals surface area contributed by atoms with E-state index in [1.807, 2.05) is 12.1 Å². The maximum atomic E-state index is 13.6. The first kappa shape index (κ1) is 27.9. The van der Waals surface area contributed by atoms with Crippen LogP contribution >= 0.6 is 31.9 Å². The molecular formula is C28H14Br2N6O7. The second kappa shape index (κ2) is 11.2. The van der Waals surface area contributed by atoms with E-state index in [4.69, 9.17) is 9.15 Å². The monoisotopic (exact) mass is 704 g/mol. The van der Waals surface area contributed by atoms with Gasteiger partial charge in [-0.25, -0.2) is 9.97 Å². The highest BCUT2D eigenvalue weighted by atomic mass is 79.9. The minimum atomic E-state index is -0.662. The Balaban J connectivity index is 1.43. The van der Waals surface area contributed by atoms with Crippen LogP contribution in [0.1, 0.15) is 5.56 Å². The molecule has 0 aliphatic carbocycles. The summed E-state index contributed by atoms with van der Waals surface area (Å²) >= 11 is 6.72. The molecule has 0 unspecified atom stereocenters. The number of fused-ring (bicyclic) bond motifs is 2. The molecule has 0 atom stereocenters. The maximum absolute atomic E-state index is 13.6. The molecule has 0 bridgehead atoms. The van der Waals surface area contributed by atoms with Gasteiger partial charge in [0, 0.05) is 33.6 Å². The highest BCUT2D eigenvalue weighted by molar-refractivity contribution is 9.10. The van der Waals surface area contributed by atoms with Crippen molar-refractivity contribution in [2.45, 2.75) is 0 Å². The first-order chi connectivity index (χ1) is 20.7. The lowest BCUT2D eigenvalue weighted by Gasteiger charge is -2.09. The normalized spacial score (nSPS) is 11.4. The van der Waals surface area contributed by atoms with Gasteiger partial charge < -0.3 is 9.15 Å². The van der Waals surface area contributed by atoms with Crippen molar-refractivity contribution in [3.63, 3.8) is 0 Å². The predicted molar refractivity (Wildman–Crippen MR) is 164 cm³/mol. The Bertz CT molecular complexity index is 2180. The minimum absolute atomic E-state index is 0.0906. The molecule has 0 aliphatic rings. The molecule has 3 aromatic heterocycles. The second-order valence-corrected chi connectivity index (χ2v) is 10.7. The lowest BCUT2D eigenvalue weighted by atomic mass is 10.2. The Morgan fingerprint density at radius 2 is 1.79 bits per heavy atom. The van der Waals surface area contributed by atoms with Crippen LogP contribution in [0.5, 0.6) is 11.6 Å². The van der Waals surface area contributed by atoms with E-state index in [0.717, 1.165) is 26.8 Å². The van der Waals surface area contributed by atoms with Crippen molar-refractivity contribution < 1.29 is 19.0 Å². The smallest absolute Gasteiger partial charge is 0.313 e. The molecule has 0 radical (unpaired) electrons. The third-order valence-corrected chi connectivity index (χ3v) is 7.24. The molecule has 212 valence electrons. The second-order valence-electron chi connectivity index (χ2n) is 8.93. The van der Waals surface area contributed by atoms with E-state index in [-0.39, 0.29) is 33.2 Å². The number of benzene rings is 3. The van der Waals surface area contributed by atoms with Gasteiger partial charge in [-0.3, -0.25) is 25.0 Å². The van der Waals surface area contributed by atoms with Gasteiger partial charge in [0.1, 0.15) is 11.8 Å². The number of hydrogen-bond acceptors (Lipinski definition) is 10. The van der Waals surface area contributed by atoms with Crippen molar-refractivity contribution in [1.29, 1.82) is 0 Å². The number of halogens is 2. The minimum Gasteiger partial charge on any atom is -0.453 e. The fourth-order valence-corrected chi connectivity index (χ4v) is 5.12. The summed E-state index contributed by atoms with van der Waals surface area (Å²) in [5.74, 6) is 0.152. The molecule has 0 aliphatic heterocycles. The van der Waals surface area contributed by atoms with Crippen LogP contribution in [-0.2, 0) is 0 Å². The van der Waals surface area contributed by atoms with Gasteiger partial charge in [-0.15, -0.1) is 0 Å². The number of ether oxygens (including phenoxy) is 1. The van der Waals surface area contributed by atoms with Crippen molar-refractivity contribution in [1.82, 2.24) is 14.6 Å². The summed E-state index contributed by atoms with van der Waals surface area (Å²) in [5, 5.41) is 28.3. The standard InChI is InChI=1S/C28H14Br2N6O7/c29-17-5-7-23-16(11-17)12-24(42-23)27-33-21-4-2-1-3-19(21)28(37)34(27)32-13-15-9-20(30)26(22(10-15)36(40)41)43-25-8-6-18(14-31-25)35(38)39/h1-14H. The van der Waals surface area contributed by atoms with Gasteiger partial charge in [-0.1, -0.05) is 28.1 Å². The van der Waals surface area contributed by atoms with Crippen molar-refractivity contribution in [2.24, 2.45) is 5.10 Å². The van der Waals surface area contributed by atoms with E-state index in [1.54, 1.807) is 36.4 Å². The third-order valence-electron chi connectivity index (χ3n) is 6.16. The molecule has 43 heavy (non-hydrogen) atoms. The lowest BCUT2D eigenvalue weighted by Crippen LogP contribution is -2.20. The van der Waals surface area contributed by atoms with Crippen molar-refractivity contribution in [3.8, 4) is 23.2 Å². The number of nitro groups is 2. The summed E-state index contributed by atoms with van der Waals surface area (Å²) in [7, 11) is 0. The highest BCUT2D eigenvalue weighted by Crippen LogP contribution is 2.39. The largest absolute Gasteiger partial charge is 0.453 e. The van der Waals surface area contributed by atoms with Gasteiger partial charge in [0.25, 0.3) is 11.2 Å². The molecule has 6 rings (SSSR count). The van der Waals surface area contributed by atoms with E-state index < -0.39 is 21.1 Å². The number of furan rings is 1. The topological polar surface area (TPSA) is 169 Å². The van der Waals surface area contributed by atoms with Crippen LogP contribution in [0.2, 0.25) is 0 Å². The van der Waals surface area contributed by atoms with Crippen molar-refractivity contribution in [3.05, 3.63) is 124 Å². The van der Waals surface area contributed by atoms with E-state index in [0.29, 0.717) is 22.2 Å². The molecule has 0 saturated carbocycles. The summed E-state index contributed by atoms with van der Waals surface area (Å²) in [6.07, 6.45) is 2.25. The van der Waals surface area contributed by atoms with Gasteiger partial charge >= 0.3 is 5.69 Å². The molecule has 6 aromatic rings. The van der Waals surface area contributed by atoms with Crippen LogP contribution in [0, 0.1) is 20.2 Å². The molecule has 0 spiro atoms. The molecule has 0 saturated heterocycles. The first-order valence-corrected chi connectivity index (χ1v) is 13.8. The number of nitro benzene ring substituents is 1. The number of nitrogens with zero attached hydrogens (tertiary/aromatic N) is 6. The Morgan fingerprint density at radius 1 is 0.977 bits per heavy atom. The molecule has 0 N–H and O–H groups in total. The summed E-state index contributed by atoms with van der Waals surface area (Å²) < 4.78 is 13.7.